The minimum absolute atomic E-state index is 0.0129. The fraction of sp³-hybridized carbons (Fsp3) is 0.240. The van der Waals surface area contributed by atoms with Gasteiger partial charge in [0.15, 0.2) is 0 Å². The molecule has 1 fully saturated rings. The first-order valence-corrected chi connectivity index (χ1v) is 11.0. The number of hydrogen-bond donors (Lipinski definition) is 1. The molecule has 1 aromatic heterocycles. The van der Waals surface area contributed by atoms with Crippen LogP contribution in [0.3, 0.4) is 0 Å². The highest BCUT2D eigenvalue weighted by molar-refractivity contribution is 6.33. The molecule has 32 heavy (non-hydrogen) atoms. The first kappa shape index (κ1) is 21.8. The summed E-state index contributed by atoms with van der Waals surface area (Å²) >= 11 is 6.19. The zero-order valence-corrected chi connectivity index (χ0v) is 18.4. The van der Waals surface area contributed by atoms with Crippen molar-refractivity contribution in [2.45, 2.75) is 12.5 Å². The van der Waals surface area contributed by atoms with Crippen molar-refractivity contribution in [3.05, 3.63) is 95.1 Å². The summed E-state index contributed by atoms with van der Waals surface area (Å²) in [4.78, 5) is 34.4. The number of carbonyl (C=O) groups excluding carboxylic acids is 2. The highest BCUT2D eigenvalue weighted by atomic mass is 35.5. The van der Waals surface area contributed by atoms with Crippen molar-refractivity contribution in [3.8, 4) is 0 Å². The summed E-state index contributed by atoms with van der Waals surface area (Å²) in [6.07, 6.45) is 1.96. The molecule has 1 atom stereocenters. The van der Waals surface area contributed by atoms with Gasteiger partial charge in [-0.2, -0.15) is 0 Å². The van der Waals surface area contributed by atoms with Crippen molar-refractivity contribution >= 4 is 29.2 Å². The van der Waals surface area contributed by atoms with Crippen LogP contribution in [0.5, 0.6) is 0 Å². The molecule has 3 aromatic rings. The molecule has 164 valence electrons. The molecule has 2 aromatic carbocycles. The number of nitrogens with one attached hydrogen (secondary N) is 1. The van der Waals surface area contributed by atoms with E-state index in [9.17, 15) is 9.59 Å². The third-order valence-corrected chi connectivity index (χ3v) is 5.94. The van der Waals surface area contributed by atoms with Crippen LogP contribution in [0.4, 0.5) is 5.82 Å². The number of pyridine rings is 1. The maximum atomic E-state index is 13.1. The summed E-state index contributed by atoms with van der Waals surface area (Å²) in [5, 5.41) is 3.39. The molecule has 4 rings (SSSR count). The first-order chi connectivity index (χ1) is 15.6. The van der Waals surface area contributed by atoms with Gasteiger partial charge in [-0.1, -0.05) is 60.1 Å². The van der Waals surface area contributed by atoms with E-state index in [1.54, 1.807) is 30.5 Å². The van der Waals surface area contributed by atoms with Crippen LogP contribution >= 0.6 is 11.6 Å². The van der Waals surface area contributed by atoms with Crippen LogP contribution in [0.25, 0.3) is 0 Å². The Bertz CT molecular complexity index is 1050. The summed E-state index contributed by atoms with van der Waals surface area (Å²) in [7, 11) is 0. The van der Waals surface area contributed by atoms with Gasteiger partial charge in [0, 0.05) is 32.4 Å². The summed E-state index contributed by atoms with van der Waals surface area (Å²) in [6, 6.07) is 21.9. The molecule has 1 saturated heterocycles. The normalized spacial score (nSPS) is 14.7. The highest BCUT2D eigenvalue weighted by Gasteiger charge is 2.26. The number of aromatic nitrogens is 1. The molecular formula is C25H25ClN4O2. The zero-order chi connectivity index (χ0) is 22.3. The number of anilines is 1. The van der Waals surface area contributed by atoms with Crippen molar-refractivity contribution in [3.63, 3.8) is 0 Å². The lowest BCUT2D eigenvalue weighted by molar-refractivity contribution is -0.132. The Morgan fingerprint density at radius 3 is 2.28 bits per heavy atom. The lowest BCUT2D eigenvalue weighted by Crippen LogP contribution is -2.49. The lowest BCUT2D eigenvalue weighted by atomic mass is 10.0. The standard InChI is InChI=1S/C25H25ClN4O2/c26-21-11-5-4-10-20(21)25(32)28-22(19-8-2-1-3-9-19)18-24(31)30-16-14-29(15-17-30)23-12-6-7-13-27-23/h1-13,22H,14-18H2,(H,28,32). The monoisotopic (exact) mass is 448 g/mol. The molecule has 1 aliphatic heterocycles. The van der Waals surface area contributed by atoms with Crippen molar-refractivity contribution in [2.24, 2.45) is 0 Å². The number of carbonyl (C=O) groups is 2. The molecule has 7 heteroatoms. The zero-order valence-electron chi connectivity index (χ0n) is 17.7. The average molecular weight is 449 g/mol. The molecule has 2 heterocycles. The summed E-state index contributed by atoms with van der Waals surface area (Å²) in [6.45, 7) is 2.69. The maximum absolute atomic E-state index is 13.1. The van der Waals surface area contributed by atoms with E-state index in [2.05, 4.69) is 15.2 Å². The molecule has 0 spiro atoms. The second kappa shape index (κ2) is 10.3. The van der Waals surface area contributed by atoms with Gasteiger partial charge in [0.2, 0.25) is 5.91 Å². The average Bonchev–Trinajstić information content (AvgIpc) is 2.85. The SMILES string of the molecule is O=C(NC(CC(=O)N1CCN(c2ccccn2)CC1)c1ccccc1)c1ccccc1Cl. The van der Waals surface area contributed by atoms with E-state index < -0.39 is 6.04 Å². The van der Waals surface area contributed by atoms with Crippen LogP contribution in [0.2, 0.25) is 5.02 Å². The van der Waals surface area contributed by atoms with Gasteiger partial charge in [0.1, 0.15) is 5.82 Å². The third kappa shape index (κ3) is 5.26. The van der Waals surface area contributed by atoms with Crippen LogP contribution in [0, 0.1) is 0 Å². The van der Waals surface area contributed by atoms with Crippen LogP contribution in [-0.2, 0) is 4.79 Å². The molecule has 2 amide bonds. The number of piperazine rings is 1. The first-order valence-electron chi connectivity index (χ1n) is 10.7. The van der Waals surface area contributed by atoms with Crippen molar-refractivity contribution in [2.75, 3.05) is 31.1 Å². The maximum Gasteiger partial charge on any atom is 0.253 e. The van der Waals surface area contributed by atoms with Crippen molar-refractivity contribution < 1.29 is 9.59 Å². The van der Waals surface area contributed by atoms with Gasteiger partial charge in [-0.3, -0.25) is 9.59 Å². The van der Waals surface area contributed by atoms with Gasteiger partial charge in [-0.25, -0.2) is 4.98 Å². The third-order valence-electron chi connectivity index (χ3n) is 5.61. The predicted octanol–water partition coefficient (Wildman–Crippen LogP) is 3.95. The molecule has 0 saturated carbocycles. The number of halogens is 1. The Morgan fingerprint density at radius 1 is 0.906 bits per heavy atom. The number of hydrogen-bond acceptors (Lipinski definition) is 4. The van der Waals surface area contributed by atoms with E-state index in [1.807, 2.05) is 53.4 Å². The molecule has 1 aliphatic rings. The molecule has 1 unspecified atom stereocenters. The van der Waals surface area contributed by atoms with E-state index in [0.717, 1.165) is 24.5 Å². The Labute approximate surface area is 192 Å². The summed E-state index contributed by atoms with van der Waals surface area (Å²) < 4.78 is 0. The minimum Gasteiger partial charge on any atom is -0.353 e. The van der Waals surface area contributed by atoms with E-state index in [1.165, 1.54) is 0 Å². The molecule has 0 bridgehead atoms. The molecule has 6 nitrogen and oxygen atoms in total. The van der Waals surface area contributed by atoms with E-state index >= 15 is 0 Å². The Kier molecular flexibility index (Phi) is 7.02. The van der Waals surface area contributed by atoms with Crippen LogP contribution in [0.1, 0.15) is 28.4 Å². The Balaban J connectivity index is 1.43. The van der Waals surface area contributed by atoms with Crippen LogP contribution in [-0.4, -0.2) is 47.9 Å². The fourth-order valence-corrected chi connectivity index (χ4v) is 4.07. The quantitative estimate of drug-likeness (QED) is 0.620. The van der Waals surface area contributed by atoms with Gasteiger partial charge in [-0.15, -0.1) is 0 Å². The topological polar surface area (TPSA) is 65.5 Å². The van der Waals surface area contributed by atoms with Crippen LogP contribution in [0.15, 0.2) is 79.0 Å². The highest BCUT2D eigenvalue weighted by Crippen LogP contribution is 2.22. The van der Waals surface area contributed by atoms with Crippen LogP contribution < -0.4 is 10.2 Å². The number of benzene rings is 2. The molecule has 1 N–H and O–H groups in total. The summed E-state index contributed by atoms with van der Waals surface area (Å²) in [5.41, 5.74) is 1.28. The van der Waals surface area contributed by atoms with Gasteiger partial charge in [0.25, 0.3) is 5.91 Å². The second-order valence-electron chi connectivity index (χ2n) is 7.68. The lowest BCUT2D eigenvalue weighted by Gasteiger charge is -2.36. The largest absolute Gasteiger partial charge is 0.353 e. The van der Waals surface area contributed by atoms with Crippen molar-refractivity contribution in [1.29, 1.82) is 0 Å². The second-order valence-corrected chi connectivity index (χ2v) is 8.08. The van der Waals surface area contributed by atoms with E-state index in [4.69, 9.17) is 11.6 Å². The molecule has 0 radical (unpaired) electrons. The smallest absolute Gasteiger partial charge is 0.253 e. The van der Waals surface area contributed by atoms with E-state index in [-0.39, 0.29) is 18.2 Å². The number of amides is 2. The van der Waals surface area contributed by atoms with Crippen molar-refractivity contribution in [1.82, 2.24) is 15.2 Å². The number of nitrogens with zero attached hydrogens (tertiary/aromatic N) is 3. The van der Waals surface area contributed by atoms with Gasteiger partial charge in [0.05, 0.1) is 23.0 Å². The molecular weight excluding hydrogens is 424 g/mol. The predicted molar refractivity (Wildman–Crippen MR) is 126 cm³/mol. The van der Waals surface area contributed by atoms with Gasteiger partial charge in [-0.05, 0) is 29.8 Å². The molecule has 0 aliphatic carbocycles. The van der Waals surface area contributed by atoms with Gasteiger partial charge >= 0.3 is 0 Å². The minimum atomic E-state index is -0.443. The van der Waals surface area contributed by atoms with Gasteiger partial charge < -0.3 is 15.1 Å². The fourth-order valence-electron chi connectivity index (χ4n) is 3.85. The summed E-state index contributed by atoms with van der Waals surface area (Å²) in [5.74, 6) is 0.643. The number of rotatable bonds is 6. The Morgan fingerprint density at radius 2 is 1.59 bits per heavy atom. The van der Waals surface area contributed by atoms with E-state index in [0.29, 0.717) is 23.7 Å². The Hall–Kier alpha value is -3.38.